The summed E-state index contributed by atoms with van der Waals surface area (Å²) in [5.74, 6) is 1.84. The van der Waals surface area contributed by atoms with Crippen LogP contribution in [-0.4, -0.2) is 15.0 Å². The molecule has 0 N–H and O–H groups in total. The summed E-state index contributed by atoms with van der Waals surface area (Å²) in [6, 6.07) is 57.2. The summed E-state index contributed by atoms with van der Waals surface area (Å²) in [6.07, 6.45) is 0. The van der Waals surface area contributed by atoms with Gasteiger partial charge in [-0.3, -0.25) is 0 Å². The molecule has 0 fully saturated rings. The number of rotatable bonds is 5. The lowest BCUT2D eigenvalue weighted by atomic mass is 9.82. The molecular weight excluding hydrogens is 635 g/mol. The minimum Gasteiger partial charge on any atom is -0.456 e. The number of fused-ring (bicyclic) bond motifs is 6. The van der Waals surface area contributed by atoms with Crippen LogP contribution in [0.2, 0.25) is 0 Å². The van der Waals surface area contributed by atoms with Gasteiger partial charge in [0.15, 0.2) is 17.5 Å². The maximum Gasteiger partial charge on any atom is 0.164 e. The van der Waals surface area contributed by atoms with Crippen LogP contribution in [0.5, 0.6) is 0 Å². The van der Waals surface area contributed by atoms with Gasteiger partial charge in [0.25, 0.3) is 0 Å². The maximum atomic E-state index is 6.60. The summed E-state index contributed by atoms with van der Waals surface area (Å²) >= 11 is 0. The molecule has 0 bridgehead atoms. The molecular formula is C48H33N3O. The molecule has 0 saturated heterocycles. The molecule has 52 heavy (non-hydrogen) atoms. The summed E-state index contributed by atoms with van der Waals surface area (Å²) in [5, 5.41) is 2.06. The molecule has 1 aliphatic carbocycles. The Morgan fingerprint density at radius 2 is 0.885 bits per heavy atom. The Labute approximate surface area is 302 Å². The number of nitrogens with zero attached hydrogens (tertiary/aromatic N) is 3. The second kappa shape index (κ2) is 11.7. The predicted octanol–water partition coefficient (Wildman–Crippen LogP) is 12.4. The molecule has 0 aliphatic heterocycles. The van der Waals surface area contributed by atoms with E-state index in [1.165, 1.54) is 33.4 Å². The van der Waals surface area contributed by atoms with E-state index < -0.39 is 0 Å². The van der Waals surface area contributed by atoms with E-state index in [0.29, 0.717) is 17.5 Å². The van der Waals surface area contributed by atoms with Crippen LogP contribution in [0.15, 0.2) is 168 Å². The van der Waals surface area contributed by atoms with Crippen LogP contribution in [-0.2, 0) is 5.41 Å². The van der Waals surface area contributed by atoms with E-state index in [9.17, 15) is 0 Å². The van der Waals surface area contributed by atoms with Crippen LogP contribution >= 0.6 is 0 Å². The molecule has 7 aromatic carbocycles. The highest BCUT2D eigenvalue weighted by Gasteiger charge is 2.36. The second-order valence-electron chi connectivity index (χ2n) is 14.0. The van der Waals surface area contributed by atoms with Crippen LogP contribution in [0, 0.1) is 0 Å². The van der Waals surface area contributed by atoms with Gasteiger partial charge >= 0.3 is 0 Å². The van der Waals surface area contributed by atoms with Gasteiger partial charge in [0.05, 0.1) is 0 Å². The quantitative estimate of drug-likeness (QED) is 0.183. The number of hydrogen-bond acceptors (Lipinski definition) is 4. The van der Waals surface area contributed by atoms with E-state index in [1.807, 2.05) is 24.3 Å². The van der Waals surface area contributed by atoms with Crippen molar-refractivity contribution in [1.29, 1.82) is 0 Å². The summed E-state index contributed by atoms with van der Waals surface area (Å²) < 4.78 is 6.60. The molecule has 0 radical (unpaired) electrons. The van der Waals surface area contributed by atoms with Crippen molar-refractivity contribution in [2.24, 2.45) is 0 Å². The maximum absolute atomic E-state index is 6.60. The summed E-state index contributed by atoms with van der Waals surface area (Å²) in [4.78, 5) is 15.4. The molecule has 0 unspecified atom stereocenters. The fourth-order valence-electron chi connectivity index (χ4n) is 7.85. The smallest absolute Gasteiger partial charge is 0.164 e. The lowest BCUT2D eigenvalue weighted by Gasteiger charge is -2.21. The molecule has 2 heterocycles. The molecule has 10 rings (SSSR count). The normalized spacial score (nSPS) is 13.0. The van der Waals surface area contributed by atoms with Crippen LogP contribution in [0.4, 0.5) is 0 Å². The Morgan fingerprint density at radius 1 is 0.385 bits per heavy atom. The van der Waals surface area contributed by atoms with E-state index in [1.54, 1.807) is 0 Å². The van der Waals surface area contributed by atoms with Gasteiger partial charge in [-0.1, -0.05) is 159 Å². The summed E-state index contributed by atoms with van der Waals surface area (Å²) in [7, 11) is 0. The topological polar surface area (TPSA) is 51.8 Å². The Morgan fingerprint density at radius 3 is 1.50 bits per heavy atom. The SMILES string of the molecule is CC1(C)c2ccccc2-c2cc3c(cc21)oc1cccc(-c2nc(-c4ccc(-c5ccccc5)cc4)nc(-c4ccc(-c5ccccc5)cc4)n2)c13. The Kier molecular flexibility index (Phi) is 6.80. The van der Waals surface area contributed by atoms with Crippen molar-refractivity contribution >= 4 is 21.9 Å². The Bertz CT molecular complexity index is 2680. The number of benzene rings is 7. The largest absolute Gasteiger partial charge is 0.456 e. The van der Waals surface area contributed by atoms with E-state index in [2.05, 4.69) is 153 Å². The van der Waals surface area contributed by atoms with Gasteiger partial charge in [-0.15, -0.1) is 0 Å². The average Bonchev–Trinajstić information content (AvgIpc) is 3.69. The third kappa shape index (κ3) is 4.87. The van der Waals surface area contributed by atoms with E-state index >= 15 is 0 Å². The molecule has 0 amide bonds. The molecule has 4 heteroatoms. The minimum absolute atomic E-state index is 0.119. The first-order valence-corrected chi connectivity index (χ1v) is 17.7. The van der Waals surface area contributed by atoms with Gasteiger partial charge in [0.2, 0.25) is 0 Å². The van der Waals surface area contributed by atoms with Crippen LogP contribution in [0.3, 0.4) is 0 Å². The molecule has 246 valence electrons. The van der Waals surface area contributed by atoms with Crippen molar-refractivity contribution in [3.8, 4) is 67.5 Å². The zero-order valence-corrected chi connectivity index (χ0v) is 28.8. The Hall–Kier alpha value is -6.65. The van der Waals surface area contributed by atoms with Crippen LogP contribution in [0.1, 0.15) is 25.0 Å². The highest BCUT2D eigenvalue weighted by Crippen LogP contribution is 2.51. The zero-order valence-electron chi connectivity index (χ0n) is 28.8. The lowest BCUT2D eigenvalue weighted by molar-refractivity contribution is 0.647. The molecule has 4 nitrogen and oxygen atoms in total. The third-order valence-corrected chi connectivity index (χ3v) is 10.6. The van der Waals surface area contributed by atoms with Crippen molar-refractivity contribution in [3.05, 3.63) is 175 Å². The van der Waals surface area contributed by atoms with Crippen molar-refractivity contribution in [2.75, 3.05) is 0 Å². The van der Waals surface area contributed by atoms with Crippen molar-refractivity contribution in [1.82, 2.24) is 15.0 Å². The Balaban J connectivity index is 1.16. The molecule has 0 atom stereocenters. The molecule has 0 spiro atoms. The van der Waals surface area contributed by atoms with Gasteiger partial charge in [-0.05, 0) is 62.7 Å². The second-order valence-corrected chi connectivity index (χ2v) is 14.0. The first-order chi connectivity index (χ1) is 25.5. The minimum atomic E-state index is -0.119. The van der Waals surface area contributed by atoms with Crippen molar-refractivity contribution in [3.63, 3.8) is 0 Å². The first-order valence-electron chi connectivity index (χ1n) is 17.7. The van der Waals surface area contributed by atoms with E-state index in [-0.39, 0.29) is 5.41 Å². The average molecular weight is 668 g/mol. The third-order valence-electron chi connectivity index (χ3n) is 10.6. The highest BCUT2D eigenvalue weighted by molar-refractivity contribution is 6.13. The van der Waals surface area contributed by atoms with Gasteiger partial charge in [0, 0.05) is 32.9 Å². The van der Waals surface area contributed by atoms with Gasteiger partial charge in [0.1, 0.15) is 11.2 Å². The standard InChI is InChI=1S/C48H33N3O/c1-48(2)40-18-10-9-16-36(40)38-28-39-43(29-41(38)48)52-42-19-11-17-37(44(39)42)47-50-45(34-24-20-32(21-25-34)30-12-5-3-6-13-30)49-46(51-47)35-26-22-33(23-27-35)31-14-7-4-8-15-31/h3-29H,1-2H3. The monoisotopic (exact) mass is 667 g/mol. The lowest BCUT2D eigenvalue weighted by Crippen LogP contribution is -2.14. The van der Waals surface area contributed by atoms with Gasteiger partial charge in [-0.25, -0.2) is 15.0 Å². The van der Waals surface area contributed by atoms with Gasteiger partial charge in [-0.2, -0.15) is 0 Å². The highest BCUT2D eigenvalue weighted by atomic mass is 16.3. The zero-order chi connectivity index (χ0) is 34.8. The molecule has 0 saturated carbocycles. The first kappa shape index (κ1) is 30.2. The van der Waals surface area contributed by atoms with Gasteiger partial charge < -0.3 is 4.42 Å². The van der Waals surface area contributed by atoms with Crippen molar-refractivity contribution in [2.45, 2.75) is 19.3 Å². The summed E-state index contributed by atoms with van der Waals surface area (Å²) in [6.45, 7) is 4.59. The fourth-order valence-corrected chi connectivity index (χ4v) is 7.85. The summed E-state index contributed by atoms with van der Waals surface area (Å²) in [5.41, 5.74) is 14.1. The van der Waals surface area contributed by atoms with Crippen molar-refractivity contribution < 1.29 is 4.42 Å². The molecule has 1 aliphatic rings. The van der Waals surface area contributed by atoms with Crippen LogP contribution in [0.25, 0.3) is 89.5 Å². The number of hydrogen-bond donors (Lipinski definition) is 0. The van der Waals surface area contributed by atoms with E-state index in [4.69, 9.17) is 19.4 Å². The fraction of sp³-hybridized carbons (Fsp3) is 0.0625. The van der Waals surface area contributed by atoms with Crippen LogP contribution < -0.4 is 0 Å². The van der Waals surface area contributed by atoms with E-state index in [0.717, 1.165) is 49.8 Å². The number of aromatic nitrogens is 3. The molecule has 9 aromatic rings. The molecule has 2 aromatic heterocycles. The number of furan rings is 1. The predicted molar refractivity (Wildman–Crippen MR) is 212 cm³/mol.